The Labute approximate surface area is 197 Å². The smallest absolute Gasteiger partial charge is 0.322 e. The summed E-state index contributed by atoms with van der Waals surface area (Å²) < 4.78 is 19.5. The molecule has 1 spiro atoms. The molecule has 2 aromatic carbocycles. The van der Waals surface area contributed by atoms with E-state index in [1.807, 2.05) is 12.1 Å². The molecular formula is C26H29FN4O3. The number of ether oxygens (including phenoxy) is 1. The Bertz CT molecular complexity index is 1270. The summed E-state index contributed by atoms with van der Waals surface area (Å²) in [6, 6.07) is 11.1. The molecule has 0 saturated carbocycles. The molecule has 7 nitrogen and oxygen atoms in total. The molecule has 3 atom stereocenters. The number of likely N-dealkylation sites (tertiary alicyclic amines) is 1. The van der Waals surface area contributed by atoms with Crippen LogP contribution in [0.1, 0.15) is 44.0 Å². The second-order valence-electron chi connectivity index (χ2n) is 9.39. The van der Waals surface area contributed by atoms with Gasteiger partial charge in [0.25, 0.3) is 0 Å². The number of hydrogen-bond donors (Lipinski definition) is 3. The van der Waals surface area contributed by atoms with Crippen LogP contribution in [0.25, 0.3) is 10.9 Å². The van der Waals surface area contributed by atoms with Crippen molar-refractivity contribution in [1.29, 1.82) is 0 Å². The maximum Gasteiger partial charge on any atom is 0.322 e. The highest BCUT2D eigenvalue weighted by molar-refractivity contribution is 5.94. The van der Waals surface area contributed by atoms with Crippen molar-refractivity contribution in [3.8, 4) is 5.75 Å². The van der Waals surface area contributed by atoms with E-state index in [2.05, 4.69) is 28.6 Å². The molecule has 178 valence electrons. The van der Waals surface area contributed by atoms with Crippen LogP contribution in [-0.4, -0.2) is 47.9 Å². The summed E-state index contributed by atoms with van der Waals surface area (Å²) in [6.45, 7) is 4.75. The molecule has 3 heterocycles. The monoisotopic (exact) mass is 464 g/mol. The number of ketones is 1. The van der Waals surface area contributed by atoms with Gasteiger partial charge in [-0.3, -0.25) is 4.79 Å². The predicted molar refractivity (Wildman–Crippen MR) is 129 cm³/mol. The lowest BCUT2D eigenvalue weighted by molar-refractivity contribution is -0.123. The quantitative estimate of drug-likeness (QED) is 0.533. The minimum atomic E-state index is -0.605. The number of piperidine rings is 1. The van der Waals surface area contributed by atoms with Gasteiger partial charge in [0.1, 0.15) is 11.6 Å². The van der Waals surface area contributed by atoms with Crippen LogP contribution in [0.15, 0.2) is 42.5 Å². The predicted octanol–water partition coefficient (Wildman–Crippen LogP) is 4.50. The highest BCUT2D eigenvalue weighted by Crippen LogP contribution is 2.47. The zero-order valence-electron chi connectivity index (χ0n) is 19.6. The number of Topliss-reactive ketones (excluding diaryl/α,β-unsaturated/α-hetero) is 1. The number of anilines is 1. The molecular weight excluding hydrogens is 435 g/mol. The van der Waals surface area contributed by atoms with Crippen LogP contribution in [0.3, 0.4) is 0 Å². The zero-order valence-corrected chi connectivity index (χ0v) is 19.6. The Balaban J connectivity index is 1.50. The number of carbonyl (C=O) groups excluding carboxylic acids is 2. The van der Waals surface area contributed by atoms with E-state index in [4.69, 9.17) is 4.74 Å². The number of halogens is 1. The second-order valence-corrected chi connectivity index (χ2v) is 9.39. The number of amides is 2. The number of aromatic nitrogens is 1. The lowest BCUT2D eigenvalue weighted by Crippen LogP contribution is -2.59. The van der Waals surface area contributed by atoms with Gasteiger partial charge in [-0.15, -0.1) is 0 Å². The van der Waals surface area contributed by atoms with Crippen LogP contribution in [0.5, 0.6) is 5.75 Å². The standard InChI is InChI=1S/C26H29FN4O3/c1-15-24-23(18-9-8-17(34-3)12-21(18)29-24)26(14-28-15)10-11-31(22(13-26)16(2)32)25(33)30-20-7-5-4-6-19(20)27/h4-9,12,15,22,28-29H,10-11,13-14H2,1-3H3,(H,30,33)/t15-,22?,26?/m0/s1. The molecule has 1 aromatic heterocycles. The van der Waals surface area contributed by atoms with E-state index in [0.717, 1.165) is 22.3 Å². The minimum Gasteiger partial charge on any atom is -0.497 e. The van der Waals surface area contributed by atoms with Gasteiger partial charge in [-0.1, -0.05) is 12.1 Å². The number of fused-ring (bicyclic) bond motifs is 4. The van der Waals surface area contributed by atoms with Gasteiger partial charge in [-0.25, -0.2) is 9.18 Å². The van der Waals surface area contributed by atoms with E-state index < -0.39 is 17.9 Å². The summed E-state index contributed by atoms with van der Waals surface area (Å²) in [4.78, 5) is 31.0. The van der Waals surface area contributed by atoms with Gasteiger partial charge in [0.05, 0.1) is 18.8 Å². The van der Waals surface area contributed by atoms with Crippen molar-refractivity contribution in [2.75, 3.05) is 25.5 Å². The molecule has 0 radical (unpaired) electrons. The van der Waals surface area contributed by atoms with Crippen LogP contribution < -0.4 is 15.4 Å². The van der Waals surface area contributed by atoms with Crippen LogP contribution >= 0.6 is 0 Å². The van der Waals surface area contributed by atoms with Crippen LogP contribution in [-0.2, 0) is 10.2 Å². The highest BCUT2D eigenvalue weighted by atomic mass is 19.1. The van der Waals surface area contributed by atoms with Gasteiger partial charge in [0, 0.05) is 47.2 Å². The third-order valence-corrected chi connectivity index (χ3v) is 7.38. The molecule has 0 aliphatic carbocycles. The maximum atomic E-state index is 14.1. The van der Waals surface area contributed by atoms with Crippen LogP contribution in [0.4, 0.5) is 14.9 Å². The molecule has 2 aliphatic rings. The third-order valence-electron chi connectivity index (χ3n) is 7.38. The van der Waals surface area contributed by atoms with Gasteiger partial charge in [-0.05, 0) is 56.5 Å². The molecule has 1 saturated heterocycles. The van der Waals surface area contributed by atoms with Crippen molar-refractivity contribution in [2.24, 2.45) is 0 Å². The van der Waals surface area contributed by atoms with Crippen LogP contribution in [0.2, 0.25) is 0 Å². The second kappa shape index (κ2) is 8.43. The Morgan fingerprint density at radius 1 is 1.24 bits per heavy atom. The van der Waals surface area contributed by atoms with Crippen molar-refractivity contribution in [2.45, 2.75) is 44.2 Å². The molecule has 5 rings (SSSR count). The van der Waals surface area contributed by atoms with Crippen molar-refractivity contribution in [3.63, 3.8) is 0 Å². The molecule has 2 amide bonds. The molecule has 1 fully saturated rings. The van der Waals surface area contributed by atoms with Crippen molar-refractivity contribution >= 4 is 28.4 Å². The van der Waals surface area contributed by atoms with Gasteiger partial charge in [0.15, 0.2) is 5.78 Å². The SMILES string of the molecule is COc1ccc2c3c([nH]c2c1)[C@H](C)NCC31CCN(C(=O)Nc2ccccc2F)C(C(C)=O)C1. The fraction of sp³-hybridized carbons (Fsp3) is 0.385. The fourth-order valence-corrected chi connectivity index (χ4v) is 5.58. The normalized spacial score (nSPS) is 24.2. The highest BCUT2D eigenvalue weighted by Gasteiger charge is 2.48. The Morgan fingerprint density at radius 2 is 2.03 bits per heavy atom. The number of aromatic amines is 1. The number of carbonyl (C=O) groups is 2. The van der Waals surface area contributed by atoms with E-state index in [9.17, 15) is 14.0 Å². The fourth-order valence-electron chi connectivity index (χ4n) is 5.58. The lowest BCUT2D eigenvalue weighted by atomic mass is 9.66. The molecule has 34 heavy (non-hydrogen) atoms. The van der Waals surface area contributed by atoms with Gasteiger partial charge in [-0.2, -0.15) is 0 Å². The first-order chi connectivity index (χ1) is 16.3. The number of benzene rings is 2. The van der Waals surface area contributed by atoms with E-state index in [1.165, 1.54) is 24.6 Å². The first-order valence-corrected chi connectivity index (χ1v) is 11.6. The van der Waals surface area contributed by atoms with Gasteiger partial charge < -0.3 is 25.3 Å². The number of H-pyrrole nitrogens is 1. The minimum absolute atomic E-state index is 0.0792. The van der Waals surface area contributed by atoms with Crippen molar-refractivity contribution < 1.29 is 18.7 Å². The number of urea groups is 1. The molecule has 0 bridgehead atoms. The molecule has 3 N–H and O–H groups in total. The van der Waals surface area contributed by atoms with Gasteiger partial charge >= 0.3 is 6.03 Å². The first kappa shape index (κ1) is 22.4. The van der Waals surface area contributed by atoms with E-state index >= 15 is 0 Å². The number of hydrogen-bond acceptors (Lipinski definition) is 4. The Morgan fingerprint density at radius 3 is 2.76 bits per heavy atom. The average molecular weight is 465 g/mol. The first-order valence-electron chi connectivity index (χ1n) is 11.6. The Hall–Kier alpha value is -3.39. The molecule has 2 aliphatic heterocycles. The molecule has 8 heteroatoms. The number of nitrogens with one attached hydrogen (secondary N) is 3. The molecule has 2 unspecified atom stereocenters. The summed E-state index contributed by atoms with van der Waals surface area (Å²) >= 11 is 0. The number of rotatable bonds is 3. The third kappa shape index (κ3) is 3.62. The number of methoxy groups -OCH3 is 1. The Kier molecular flexibility index (Phi) is 5.56. The zero-order chi connectivity index (χ0) is 24.0. The van der Waals surface area contributed by atoms with Crippen molar-refractivity contribution in [3.05, 3.63) is 59.5 Å². The summed E-state index contributed by atoms with van der Waals surface area (Å²) in [7, 11) is 1.65. The maximum absolute atomic E-state index is 14.1. The largest absolute Gasteiger partial charge is 0.497 e. The number of para-hydroxylation sites is 1. The van der Waals surface area contributed by atoms with E-state index in [-0.39, 0.29) is 22.9 Å². The summed E-state index contributed by atoms with van der Waals surface area (Å²) in [5, 5.41) is 7.36. The lowest BCUT2D eigenvalue weighted by Gasteiger charge is -2.49. The van der Waals surface area contributed by atoms with Crippen molar-refractivity contribution in [1.82, 2.24) is 15.2 Å². The average Bonchev–Trinajstić information content (AvgIpc) is 3.23. The van der Waals surface area contributed by atoms with Crippen LogP contribution in [0, 0.1) is 5.82 Å². The summed E-state index contributed by atoms with van der Waals surface area (Å²) in [5.74, 6) is 0.194. The van der Waals surface area contributed by atoms with E-state index in [0.29, 0.717) is 25.9 Å². The molecule has 3 aromatic rings. The summed E-state index contributed by atoms with van der Waals surface area (Å²) in [6.07, 6.45) is 1.19. The number of nitrogens with zero attached hydrogens (tertiary/aromatic N) is 1. The summed E-state index contributed by atoms with van der Waals surface area (Å²) in [5.41, 5.74) is 3.13. The van der Waals surface area contributed by atoms with E-state index in [1.54, 1.807) is 24.1 Å². The topological polar surface area (TPSA) is 86.5 Å². The van der Waals surface area contributed by atoms with Gasteiger partial charge in [0.2, 0.25) is 0 Å².